The third kappa shape index (κ3) is 4.92. The lowest BCUT2D eigenvalue weighted by Crippen LogP contribution is -2.19. The molecule has 0 aliphatic carbocycles. The topological polar surface area (TPSA) is 77.4 Å². The molecule has 0 bridgehead atoms. The minimum atomic E-state index is -0.423. The number of thiazole rings is 1. The zero-order chi connectivity index (χ0) is 19.2. The lowest BCUT2D eigenvalue weighted by molar-refractivity contribution is -0.134. The molecule has 0 atom stereocenters. The molecule has 1 aromatic heterocycles. The van der Waals surface area contributed by atoms with E-state index in [1.165, 1.54) is 0 Å². The first kappa shape index (κ1) is 18.6. The summed E-state index contributed by atoms with van der Waals surface area (Å²) in [7, 11) is 0. The van der Waals surface area contributed by atoms with Gasteiger partial charge in [0.1, 0.15) is 5.75 Å². The summed E-state index contributed by atoms with van der Waals surface area (Å²) in [6.07, 6.45) is 0.101. The highest BCUT2D eigenvalue weighted by atomic mass is 32.1. The number of aryl methyl sites for hydroxylation is 1. The first-order valence-corrected chi connectivity index (χ1v) is 9.23. The van der Waals surface area contributed by atoms with Crippen molar-refractivity contribution in [2.75, 3.05) is 5.32 Å². The number of benzene rings is 2. The number of nitrogens with one attached hydrogen (secondary N) is 1. The standard InChI is InChI=1S/C20H18N2O4S/c1-14-13-27-20(25)22(14)12-11-18(23)26-17-9-7-16(8-10-17)21-19(24)15-5-3-2-4-6-15/h2-10,13H,11-12H2,1H3,(H,21,24). The van der Waals surface area contributed by atoms with Gasteiger partial charge in [-0.15, -0.1) is 0 Å². The molecule has 6 nitrogen and oxygen atoms in total. The van der Waals surface area contributed by atoms with E-state index in [1.54, 1.807) is 58.5 Å². The molecule has 138 valence electrons. The summed E-state index contributed by atoms with van der Waals surface area (Å²) in [4.78, 5) is 35.6. The van der Waals surface area contributed by atoms with Gasteiger partial charge in [-0.2, -0.15) is 0 Å². The second kappa shape index (κ2) is 8.46. The summed E-state index contributed by atoms with van der Waals surface area (Å²) in [5.74, 6) is -0.252. The zero-order valence-electron chi connectivity index (χ0n) is 14.7. The van der Waals surface area contributed by atoms with E-state index in [0.717, 1.165) is 17.0 Å². The van der Waals surface area contributed by atoms with Gasteiger partial charge in [-0.1, -0.05) is 29.5 Å². The highest BCUT2D eigenvalue weighted by Crippen LogP contribution is 2.17. The number of anilines is 1. The molecule has 1 amide bonds. The van der Waals surface area contributed by atoms with Crippen molar-refractivity contribution in [1.82, 2.24) is 4.57 Å². The van der Waals surface area contributed by atoms with E-state index in [9.17, 15) is 14.4 Å². The predicted octanol–water partition coefficient (Wildman–Crippen LogP) is 3.47. The maximum Gasteiger partial charge on any atom is 0.312 e. The van der Waals surface area contributed by atoms with Gasteiger partial charge in [0.05, 0.1) is 6.42 Å². The first-order chi connectivity index (χ1) is 13.0. The molecule has 0 aliphatic rings. The Balaban J connectivity index is 1.53. The Labute approximate surface area is 160 Å². The lowest BCUT2D eigenvalue weighted by Gasteiger charge is -2.08. The van der Waals surface area contributed by atoms with Crippen LogP contribution in [-0.4, -0.2) is 16.4 Å². The molecule has 0 fully saturated rings. The van der Waals surface area contributed by atoms with Crippen molar-refractivity contribution in [3.63, 3.8) is 0 Å². The molecule has 0 saturated heterocycles. The maximum absolute atomic E-state index is 12.1. The Morgan fingerprint density at radius 2 is 1.78 bits per heavy atom. The molecule has 3 aromatic rings. The van der Waals surface area contributed by atoms with Crippen LogP contribution in [-0.2, 0) is 11.3 Å². The molecule has 3 rings (SSSR count). The molecule has 2 aromatic carbocycles. The lowest BCUT2D eigenvalue weighted by atomic mass is 10.2. The van der Waals surface area contributed by atoms with Crippen molar-refractivity contribution in [3.8, 4) is 5.75 Å². The molecule has 1 N–H and O–H groups in total. The van der Waals surface area contributed by atoms with E-state index in [1.807, 2.05) is 13.0 Å². The van der Waals surface area contributed by atoms with Crippen LogP contribution in [0.5, 0.6) is 5.75 Å². The number of esters is 1. The van der Waals surface area contributed by atoms with Gasteiger partial charge in [0.2, 0.25) is 0 Å². The number of aromatic nitrogens is 1. The van der Waals surface area contributed by atoms with Crippen LogP contribution < -0.4 is 14.9 Å². The zero-order valence-corrected chi connectivity index (χ0v) is 15.5. The van der Waals surface area contributed by atoms with Gasteiger partial charge in [-0.3, -0.25) is 14.4 Å². The van der Waals surface area contributed by atoms with Crippen molar-refractivity contribution in [1.29, 1.82) is 0 Å². The van der Waals surface area contributed by atoms with Crippen LogP contribution in [0.15, 0.2) is 64.8 Å². The average molecular weight is 382 g/mol. The summed E-state index contributed by atoms with van der Waals surface area (Å²) >= 11 is 1.11. The van der Waals surface area contributed by atoms with Crippen LogP contribution in [0.2, 0.25) is 0 Å². The summed E-state index contributed by atoms with van der Waals surface area (Å²) in [6, 6.07) is 15.4. The van der Waals surface area contributed by atoms with Crippen molar-refractivity contribution in [2.45, 2.75) is 19.9 Å². The summed E-state index contributed by atoms with van der Waals surface area (Å²) in [5, 5.41) is 4.54. The Bertz CT molecular complexity index is 991. The fourth-order valence-corrected chi connectivity index (χ4v) is 3.22. The number of carbonyl (C=O) groups excluding carboxylic acids is 2. The van der Waals surface area contributed by atoms with Gasteiger partial charge in [-0.05, 0) is 43.3 Å². The molecule has 0 radical (unpaired) electrons. The van der Waals surface area contributed by atoms with Crippen LogP contribution >= 0.6 is 11.3 Å². The first-order valence-electron chi connectivity index (χ1n) is 8.35. The van der Waals surface area contributed by atoms with Gasteiger partial charge >= 0.3 is 10.8 Å². The van der Waals surface area contributed by atoms with Crippen LogP contribution in [0.25, 0.3) is 0 Å². The van der Waals surface area contributed by atoms with Crippen LogP contribution in [0.1, 0.15) is 22.5 Å². The number of rotatable bonds is 6. The molecule has 0 unspecified atom stereocenters. The number of ether oxygens (including phenoxy) is 1. The normalized spacial score (nSPS) is 10.4. The van der Waals surface area contributed by atoms with Gasteiger partial charge in [-0.25, -0.2) is 0 Å². The SMILES string of the molecule is Cc1csc(=O)n1CCC(=O)Oc1ccc(NC(=O)c2ccccc2)cc1. The van der Waals surface area contributed by atoms with E-state index in [2.05, 4.69) is 5.32 Å². The average Bonchev–Trinajstić information content (AvgIpc) is 3.00. The molecular formula is C20H18N2O4S. The Morgan fingerprint density at radius 3 is 2.41 bits per heavy atom. The van der Waals surface area contributed by atoms with Crippen LogP contribution in [0.4, 0.5) is 5.69 Å². The van der Waals surface area contributed by atoms with Crippen molar-refractivity contribution in [3.05, 3.63) is 80.9 Å². The molecule has 0 spiro atoms. The van der Waals surface area contributed by atoms with E-state index < -0.39 is 5.97 Å². The summed E-state index contributed by atoms with van der Waals surface area (Å²) in [6.45, 7) is 2.11. The van der Waals surface area contributed by atoms with Crippen LogP contribution in [0, 0.1) is 6.92 Å². The van der Waals surface area contributed by atoms with Gasteiger partial charge in [0, 0.05) is 28.9 Å². The Hall–Kier alpha value is -3.19. The third-order valence-corrected chi connectivity index (χ3v) is 4.78. The van der Waals surface area contributed by atoms with Crippen LogP contribution in [0.3, 0.4) is 0 Å². The predicted molar refractivity (Wildman–Crippen MR) is 104 cm³/mol. The van der Waals surface area contributed by atoms with Crippen molar-refractivity contribution >= 4 is 28.9 Å². The fourth-order valence-electron chi connectivity index (χ4n) is 2.46. The van der Waals surface area contributed by atoms with Gasteiger partial charge in [0.15, 0.2) is 0 Å². The van der Waals surface area contributed by atoms with Crippen molar-refractivity contribution in [2.24, 2.45) is 0 Å². The number of nitrogens with zero attached hydrogens (tertiary/aromatic N) is 1. The number of hydrogen-bond donors (Lipinski definition) is 1. The highest BCUT2D eigenvalue weighted by molar-refractivity contribution is 7.07. The quantitative estimate of drug-likeness (QED) is 0.523. The maximum atomic E-state index is 12.1. The molecule has 7 heteroatoms. The smallest absolute Gasteiger partial charge is 0.312 e. The summed E-state index contributed by atoms with van der Waals surface area (Å²) in [5.41, 5.74) is 1.99. The van der Waals surface area contributed by atoms with Crippen molar-refractivity contribution < 1.29 is 14.3 Å². The highest BCUT2D eigenvalue weighted by Gasteiger charge is 2.09. The van der Waals surface area contributed by atoms with Gasteiger partial charge < -0.3 is 14.6 Å². The Morgan fingerprint density at radius 1 is 1.07 bits per heavy atom. The number of amides is 1. The minimum Gasteiger partial charge on any atom is -0.426 e. The molecule has 27 heavy (non-hydrogen) atoms. The van der Waals surface area contributed by atoms with E-state index in [4.69, 9.17) is 4.74 Å². The molecule has 0 aliphatic heterocycles. The second-order valence-corrected chi connectivity index (χ2v) is 6.68. The largest absolute Gasteiger partial charge is 0.426 e. The summed E-state index contributed by atoms with van der Waals surface area (Å²) < 4.78 is 6.82. The second-order valence-electron chi connectivity index (χ2n) is 5.86. The third-order valence-electron chi connectivity index (χ3n) is 3.90. The van der Waals surface area contributed by atoms with E-state index >= 15 is 0 Å². The number of hydrogen-bond acceptors (Lipinski definition) is 5. The monoisotopic (exact) mass is 382 g/mol. The number of carbonyl (C=O) groups is 2. The fraction of sp³-hybridized carbons (Fsp3) is 0.150. The van der Waals surface area contributed by atoms with Gasteiger partial charge in [0.25, 0.3) is 5.91 Å². The van der Waals surface area contributed by atoms with E-state index in [-0.39, 0.29) is 23.7 Å². The Kier molecular flexibility index (Phi) is 5.83. The molecular weight excluding hydrogens is 364 g/mol. The molecule has 1 heterocycles. The minimum absolute atomic E-state index is 0.0844. The molecule has 0 saturated carbocycles. The van der Waals surface area contributed by atoms with E-state index in [0.29, 0.717) is 17.0 Å².